The van der Waals surface area contributed by atoms with Gasteiger partial charge in [-0.1, -0.05) is 12.1 Å². The third-order valence-electron chi connectivity index (χ3n) is 4.72. The number of rotatable bonds is 6. The van der Waals surface area contributed by atoms with Crippen LogP contribution in [0.4, 0.5) is 26.3 Å². The van der Waals surface area contributed by atoms with Crippen molar-refractivity contribution in [3.8, 4) is 17.2 Å². The van der Waals surface area contributed by atoms with Crippen molar-refractivity contribution in [3.05, 3.63) is 71.1 Å². The molecule has 3 aromatic rings. The highest BCUT2D eigenvalue weighted by atomic mass is 19.4. The molecule has 0 bridgehead atoms. The van der Waals surface area contributed by atoms with Crippen LogP contribution in [0.25, 0.3) is 11.5 Å². The van der Waals surface area contributed by atoms with Crippen LogP contribution < -0.4 is 4.74 Å². The number of hydrogen-bond acceptors (Lipinski definition) is 5. The Morgan fingerprint density at radius 2 is 1.64 bits per heavy atom. The molecule has 2 aromatic carbocycles. The molecule has 33 heavy (non-hydrogen) atoms. The normalized spacial score (nSPS) is 12.6. The number of aromatic carboxylic acids is 1. The van der Waals surface area contributed by atoms with E-state index in [0.717, 1.165) is 12.1 Å². The van der Waals surface area contributed by atoms with E-state index < -0.39 is 29.5 Å². The van der Waals surface area contributed by atoms with Gasteiger partial charge in [-0.25, -0.2) is 9.78 Å². The molecule has 2 N–H and O–H groups in total. The van der Waals surface area contributed by atoms with Crippen LogP contribution in [0.15, 0.2) is 52.9 Å². The largest absolute Gasteiger partial charge is 0.487 e. The van der Waals surface area contributed by atoms with Gasteiger partial charge in [-0.15, -0.1) is 0 Å². The number of benzene rings is 2. The Balaban J connectivity index is 1.82. The van der Waals surface area contributed by atoms with Crippen molar-refractivity contribution < 1.29 is 50.5 Å². The van der Waals surface area contributed by atoms with Crippen molar-refractivity contribution in [1.29, 1.82) is 0 Å². The quantitative estimate of drug-likeness (QED) is 0.474. The molecule has 6 nitrogen and oxygen atoms in total. The zero-order chi connectivity index (χ0) is 24.6. The highest BCUT2D eigenvalue weighted by Crippen LogP contribution is 2.50. The van der Waals surface area contributed by atoms with Gasteiger partial charge in [-0.2, -0.15) is 26.3 Å². The molecule has 0 saturated heterocycles. The van der Waals surface area contributed by atoms with E-state index in [4.69, 9.17) is 14.3 Å². The number of carboxylic acids is 1. The lowest BCUT2D eigenvalue weighted by atomic mass is 9.92. The van der Waals surface area contributed by atoms with Gasteiger partial charge in [0.2, 0.25) is 5.89 Å². The minimum absolute atomic E-state index is 0.0446. The number of oxazole rings is 1. The minimum Gasteiger partial charge on any atom is -0.487 e. The zero-order valence-corrected chi connectivity index (χ0v) is 16.7. The summed E-state index contributed by atoms with van der Waals surface area (Å²) in [5.41, 5.74) is -5.83. The van der Waals surface area contributed by atoms with Gasteiger partial charge < -0.3 is 19.4 Å². The first-order chi connectivity index (χ1) is 15.2. The van der Waals surface area contributed by atoms with E-state index in [-0.39, 0.29) is 35.3 Å². The molecule has 0 unspecified atom stereocenters. The van der Waals surface area contributed by atoms with Crippen LogP contribution in [0.3, 0.4) is 0 Å². The number of alkyl halides is 6. The number of ether oxygens (including phenoxy) is 1. The lowest BCUT2D eigenvalue weighted by Gasteiger charge is -2.32. The second kappa shape index (κ2) is 8.43. The summed E-state index contributed by atoms with van der Waals surface area (Å²) in [6.45, 7) is 1.16. The molecule has 0 radical (unpaired) electrons. The molecule has 176 valence electrons. The number of carboxylic acid groups (broad SMARTS) is 1. The predicted octanol–water partition coefficient (Wildman–Crippen LogP) is 5.24. The molecular formula is C21H15F6NO5. The maximum Gasteiger partial charge on any atom is 0.430 e. The summed E-state index contributed by atoms with van der Waals surface area (Å²) in [6.07, 6.45) is -12.0. The van der Waals surface area contributed by atoms with Crippen LogP contribution in [0.2, 0.25) is 0 Å². The molecule has 0 spiro atoms. The highest BCUT2D eigenvalue weighted by molar-refractivity contribution is 5.88. The summed E-state index contributed by atoms with van der Waals surface area (Å²) in [5, 5.41) is 18.5. The van der Waals surface area contributed by atoms with E-state index in [1.807, 2.05) is 0 Å². The molecule has 12 heteroatoms. The first-order valence-corrected chi connectivity index (χ1v) is 9.13. The Morgan fingerprint density at radius 1 is 1.03 bits per heavy atom. The number of halogens is 6. The van der Waals surface area contributed by atoms with E-state index in [9.17, 15) is 36.2 Å². The second-order valence-corrected chi connectivity index (χ2v) is 6.93. The average Bonchev–Trinajstić information content (AvgIpc) is 3.11. The van der Waals surface area contributed by atoms with Gasteiger partial charge in [-0.3, -0.25) is 0 Å². The summed E-state index contributed by atoms with van der Waals surface area (Å²) < 4.78 is 89.3. The zero-order valence-electron chi connectivity index (χ0n) is 16.7. The molecule has 0 aliphatic carbocycles. The monoisotopic (exact) mass is 475 g/mol. The fraction of sp³-hybridized carbons (Fsp3) is 0.238. The topological polar surface area (TPSA) is 92.8 Å². The predicted molar refractivity (Wildman–Crippen MR) is 100 cm³/mol. The van der Waals surface area contributed by atoms with Crippen molar-refractivity contribution in [3.63, 3.8) is 0 Å². The molecule has 0 amide bonds. The number of carbonyl (C=O) groups is 1. The summed E-state index contributed by atoms with van der Waals surface area (Å²) in [4.78, 5) is 15.1. The number of aryl methyl sites for hydroxylation is 1. The fourth-order valence-electron chi connectivity index (χ4n) is 2.89. The fourth-order valence-corrected chi connectivity index (χ4v) is 2.89. The maximum atomic E-state index is 13.1. The Morgan fingerprint density at radius 3 is 2.18 bits per heavy atom. The van der Waals surface area contributed by atoms with Crippen LogP contribution >= 0.6 is 0 Å². The maximum absolute atomic E-state index is 13.1. The van der Waals surface area contributed by atoms with E-state index in [0.29, 0.717) is 17.7 Å². The van der Waals surface area contributed by atoms with E-state index >= 15 is 0 Å². The third-order valence-corrected chi connectivity index (χ3v) is 4.72. The van der Waals surface area contributed by atoms with Crippen molar-refractivity contribution in [2.24, 2.45) is 0 Å². The Hall–Kier alpha value is -3.54. The Labute approximate surface area is 182 Å². The molecular weight excluding hydrogens is 460 g/mol. The standard InChI is InChI=1S/C21H15F6NO5/c1-11-16(28-17(33-11)12-5-7-13(8-6-12)18(29)30)10-32-15-4-2-3-14(9-15)19(31,20(22,23)24)21(25,26)27/h2-9,31H,10H2,1H3,(H,29,30). The third kappa shape index (κ3) is 4.65. The summed E-state index contributed by atoms with van der Waals surface area (Å²) in [7, 11) is 0. The van der Waals surface area contributed by atoms with Crippen molar-refractivity contribution in [1.82, 2.24) is 4.98 Å². The van der Waals surface area contributed by atoms with Crippen LogP contribution in [0.5, 0.6) is 5.75 Å². The lowest BCUT2D eigenvalue weighted by Crippen LogP contribution is -2.53. The van der Waals surface area contributed by atoms with E-state index in [2.05, 4.69) is 4.98 Å². The molecule has 0 fully saturated rings. The van der Waals surface area contributed by atoms with Crippen LogP contribution in [-0.4, -0.2) is 33.5 Å². The lowest BCUT2D eigenvalue weighted by molar-refractivity contribution is -0.376. The first kappa shape index (κ1) is 24.1. The van der Waals surface area contributed by atoms with Crippen molar-refractivity contribution >= 4 is 5.97 Å². The smallest absolute Gasteiger partial charge is 0.430 e. The van der Waals surface area contributed by atoms with Gasteiger partial charge in [0.15, 0.2) is 0 Å². The first-order valence-electron chi connectivity index (χ1n) is 9.13. The molecule has 1 heterocycles. The number of aromatic nitrogens is 1. The number of hydrogen-bond donors (Lipinski definition) is 2. The van der Waals surface area contributed by atoms with Gasteiger partial charge in [0, 0.05) is 11.1 Å². The van der Waals surface area contributed by atoms with E-state index in [1.165, 1.54) is 31.2 Å². The molecule has 0 atom stereocenters. The van der Waals surface area contributed by atoms with Gasteiger partial charge in [0.25, 0.3) is 5.60 Å². The highest BCUT2D eigenvalue weighted by Gasteiger charge is 2.71. The summed E-state index contributed by atoms with van der Waals surface area (Å²) in [6, 6.07) is 8.53. The molecule has 0 aliphatic rings. The van der Waals surface area contributed by atoms with E-state index in [1.54, 1.807) is 0 Å². The van der Waals surface area contributed by atoms with Gasteiger partial charge in [0.1, 0.15) is 23.8 Å². The SMILES string of the molecule is Cc1oc(-c2ccc(C(=O)O)cc2)nc1COc1cccc(C(O)(C(F)(F)F)C(F)(F)F)c1. The van der Waals surface area contributed by atoms with Gasteiger partial charge >= 0.3 is 18.3 Å². The van der Waals surface area contributed by atoms with Gasteiger partial charge in [-0.05, 0) is 43.3 Å². The average molecular weight is 475 g/mol. The second-order valence-electron chi connectivity index (χ2n) is 6.93. The number of nitrogens with zero attached hydrogens (tertiary/aromatic N) is 1. The molecule has 0 aliphatic heterocycles. The Kier molecular flexibility index (Phi) is 6.16. The summed E-state index contributed by atoms with van der Waals surface area (Å²) in [5.74, 6) is -1.11. The number of aliphatic hydroxyl groups is 1. The molecule has 0 saturated carbocycles. The summed E-state index contributed by atoms with van der Waals surface area (Å²) >= 11 is 0. The van der Waals surface area contributed by atoms with Crippen LogP contribution in [0, 0.1) is 6.92 Å². The Bertz CT molecular complexity index is 1140. The molecule has 3 rings (SSSR count). The van der Waals surface area contributed by atoms with Crippen molar-refractivity contribution in [2.45, 2.75) is 31.5 Å². The van der Waals surface area contributed by atoms with Gasteiger partial charge in [0.05, 0.1) is 5.56 Å². The van der Waals surface area contributed by atoms with Crippen LogP contribution in [-0.2, 0) is 12.2 Å². The minimum atomic E-state index is -6.02. The van der Waals surface area contributed by atoms with Crippen molar-refractivity contribution in [2.75, 3.05) is 0 Å². The molecule has 1 aromatic heterocycles. The van der Waals surface area contributed by atoms with Crippen LogP contribution in [0.1, 0.15) is 27.4 Å².